The van der Waals surface area contributed by atoms with Gasteiger partial charge in [0, 0.05) is 15.5 Å². The molecule has 34 heavy (non-hydrogen) atoms. The molecular formula is C25H20BrN3O5. The number of anilines is 1. The average molecular weight is 522 g/mol. The summed E-state index contributed by atoms with van der Waals surface area (Å²) in [5.74, 6) is 0.214. The van der Waals surface area contributed by atoms with Crippen LogP contribution in [0.15, 0.2) is 86.8 Å². The molecule has 2 N–H and O–H groups in total. The summed E-state index contributed by atoms with van der Waals surface area (Å²) in [6.45, 7) is -0.178. The van der Waals surface area contributed by atoms with Crippen molar-refractivity contribution in [2.45, 2.75) is 0 Å². The van der Waals surface area contributed by atoms with Gasteiger partial charge in [-0.25, -0.2) is 5.43 Å². The highest BCUT2D eigenvalue weighted by Gasteiger charge is 2.12. The van der Waals surface area contributed by atoms with Crippen molar-refractivity contribution >= 4 is 50.6 Å². The van der Waals surface area contributed by atoms with Crippen molar-refractivity contribution in [3.63, 3.8) is 0 Å². The number of ether oxygens (including phenoxy) is 2. The quantitative estimate of drug-likeness (QED) is 0.251. The van der Waals surface area contributed by atoms with Gasteiger partial charge in [0.2, 0.25) is 0 Å². The Labute approximate surface area is 203 Å². The maximum absolute atomic E-state index is 12.3. The third kappa shape index (κ3) is 5.81. The molecule has 0 radical (unpaired) electrons. The lowest BCUT2D eigenvalue weighted by molar-refractivity contribution is -0.118. The number of fused-ring (bicyclic) bond motifs is 1. The van der Waals surface area contributed by atoms with Crippen LogP contribution in [0.5, 0.6) is 11.5 Å². The molecule has 0 aliphatic carbocycles. The molecule has 2 amide bonds. The first kappa shape index (κ1) is 23.1. The molecule has 0 aliphatic heterocycles. The summed E-state index contributed by atoms with van der Waals surface area (Å²) >= 11 is 3.39. The molecular weight excluding hydrogens is 502 g/mol. The average Bonchev–Trinajstić information content (AvgIpc) is 3.27. The molecule has 0 aliphatic rings. The first-order chi connectivity index (χ1) is 16.5. The molecule has 0 saturated carbocycles. The van der Waals surface area contributed by atoms with Crippen molar-refractivity contribution in [1.82, 2.24) is 5.43 Å². The molecule has 3 aromatic carbocycles. The topological polar surface area (TPSA) is 102 Å². The van der Waals surface area contributed by atoms with E-state index >= 15 is 0 Å². The number of methoxy groups -OCH3 is 1. The zero-order valence-electron chi connectivity index (χ0n) is 18.1. The van der Waals surface area contributed by atoms with E-state index in [1.165, 1.54) is 13.3 Å². The Bertz CT molecular complexity index is 1350. The molecule has 0 bridgehead atoms. The van der Waals surface area contributed by atoms with Crippen LogP contribution < -0.4 is 20.2 Å². The molecule has 0 spiro atoms. The summed E-state index contributed by atoms with van der Waals surface area (Å²) in [5, 5.41) is 7.53. The van der Waals surface area contributed by atoms with Gasteiger partial charge in [-0.1, -0.05) is 34.1 Å². The number of amides is 2. The number of nitrogens with zero attached hydrogens (tertiary/aromatic N) is 1. The standard InChI is InChI=1S/C25H20BrN3O5/c1-32-22-11-16(7-9-21(22)33-15-24(30)28-19-5-3-2-4-6-19)14-27-29-25(31)23-13-17-12-18(26)8-10-20(17)34-23/h2-14H,15H2,1H3,(H,28,30)(H,29,31)/b27-14-. The Morgan fingerprint density at radius 3 is 2.65 bits per heavy atom. The smallest absolute Gasteiger partial charge is 0.307 e. The minimum absolute atomic E-state index is 0.153. The van der Waals surface area contributed by atoms with E-state index in [1.54, 1.807) is 42.5 Å². The van der Waals surface area contributed by atoms with Crippen molar-refractivity contribution in [3.05, 3.63) is 88.6 Å². The van der Waals surface area contributed by atoms with E-state index in [2.05, 4.69) is 31.8 Å². The van der Waals surface area contributed by atoms with E-state index in [4.69, 9.17) is 13.9 Å². The molecule has 9 heteroatoms. The molecule has 8 nitrogen and oxygen atoms in total. The lowest BCUT2D eigenvalue weighted by Crippen LogP contribution is -2.20. The first-order valence-electron chi connectivity index (χ1n) is 10.2. The van der Waals surface area contributed by atoms with Crippen LogP contribution >= 0.6 is 15.9 Å². The second kappa shape index (κ2) is 10.7. The predicted octanol–water partition coefficient (Wildman–Crippen LogP) is 4.99. The predicted molar refractivity (Wildman–Crippen MR) is 133 cm³/mol. The summed E-state index contributed by atoms with van der Waals surface area (Å²) in [7, 11) is 1.49. The fourth-order valence-corrected chi connectivity index (χ4v) is 3.47. The van der Waals surface area contributed by atoms with Gasteiger partial charge in [-0.2, -0.15) is 5.10 Å². The normalized spacial score (nSPS) is 10.9. The highest BCUT2D eigenvalue weighted by molar-refractivity contribution is 9.10. The number of carbonyl (C=O) groups is 2. The fraction of sp³-hybridized carbons (Fsp3) is 0.0800. The second-order valence-corrected chi connectivity index (χ2v) is 8.02. The second-order valence-electron chi connectivity index (χ2n) is 7.11. The summed E-state index contributed by atoms with van der Waals surface area (Å²) in [5.41, 5.74) is 4.39. The van der Waals surface area contributed by atoms with E-state index in [-0.39, 0.29) is 18.3 Å². The van der Waals surface area contributed by atoms with E-state index in [0.29, 0.717) is 28.3 Å². The zero-order chi connectivity index (χ0) is 23.9. The Morgan fingerprint density at radius 2 is 1.85 bits per heavy atom. The van der Waals surface area contributed by atoms with Gasteiger partial charge in [0.25, 0.3) is 5.91 Å². The van der Waals surface area contributed by atoms with E-state index in [0.717, 1.165) is 9.86 Å². The molecule has 1 heterocycles. The van der Waals surface area contributed by atoms with E-state index in [9.17, 15) is 9.59 Å². The molecule has 1 aromatic heterocycles. The number of halogens is 1. The van der Waals surface area contributed by atoms with Crippen LogP contribution in [0, 0.1) is 0 Å². The molecule has 0 saturated heterocycles. The van der Waals surface area contributed by atoms with Gasteiger partial charge in [0.1, 0.15) is 5.58 Å². The third-order valence-corrected chi connectivity index (χ3v) is 5.18. The highest BCUT2D eigenvalue weighted by Crippen LogP contribution is 2.27. The zero-order valence-corrected chi connectivity index (χ0v) is 19.7. The van der Waals surface area contributed by atoms with Gasteiger partial charge >= 0.3 is 5.91 Å². The number of hydrogen-bond donors (Lipinski definition) is 2. The van der Waals surface area contributed by atoms with Gasteiger partial charge in [0.05, 0.1) is 13.3 Å². The van der Waals surface area contributed by atoms with Crippen molar-refractivity contribution in [2.75, 3.05) is 19.0 Å². The van der Waals surface area contributed by atoms with Crippen molar-refractivity contribution < 1.29 is 23.5 Å². The van der Waals surface area contributed by atoms with Gasteiger partial charge < -0.3 is 19.2 Å². The maximum Gasteiger partial charge on any atom is 0.307 e. The summed E-state index contributed by atoms with van der Waals surface area (Å²) < 4.78 is 17.4. The summed E-state index contributed by atoms with van der Waals surface area (Å²) in [4.78, 5) is 24.4. The maximum atomic E-state index is 12.3. The first-order valence-corrected chi connectivity index (χ1v) is 11.0. The lowest BCUT2D eigenvalue weighted by Gasteiger charge is -2.11. The van der Waals surface area contributed by atoms with Crippen molar-refractivity contribution in [3.8, 4) is 11.5 Å². The van der Waals surface area contributed by atoms with Gasteiger partial charge in [-0.15, -0.1) is 0 Å². The SMILES string of the molecule is COc1cc(/C=N\NC(=O)c2cc3cc(Br)ccc3o2)ccc1OCC(=O)Nc1ccccc1. The van der Waals surface area contributed by atoms with Crippen LogP contribution in [-0.4, -0.2) is 31.7 Å². The highest BCUT2D eigenvalue weighted by atomic mass is 79.9. The number of rotatable bonds is 8. The Hall–Kier alpha value is -4.11. The third-order valence-electron chi connectivity index (χ3n) is 4.69. The fourth-order valence-electron chi connectivity index (χ4n) is 3.09. The molecule has 4 aromatic rings. The number of furan rings is 1. The largest absolute Gasteiger partial charge is 0.493 e. The van der Waals surface area contributed by atoms with E-state index in [1.807, 2.05) is 30.3 Å². The number of hydrogen-bond acceptors (Lipinski definition) is 6. The van der Waals surface area contributed by atoms with Gasteiger partial charge in [-0.3, -0.25) is 9.59 Å². The molecule has 172 valence electrons. The number of nitrogens with one attached hydrogen (secondary N) is 2. The Morgan fingerprint density at radius 1 is 1.03 bits per heavy atom. The minimum atomic E-state index is -0.472. The lowest BCUT2D eigenvalue weighted by atomic mass is 10.2. The Balaban J connectivity index is 1.34. The van der Waals surface area contributed by atoms with Crippen molar-refractivity contribution in [2.24, 2.45) is 5.10 Å². The monoisotopic (exact) mass is 521 g/mol. The number of para-hydroxylation sites is 1. The number of hydrazone groups is 1. The van der Waals surface area contributed by atoms with E-state index < -0.39 is 5.91 Å². The van der Waals surface area contributed by atoms with Crippen LogP contribution in [-0.2, 0) is 4.79 Å². The summed E-state index contributed by atoms with van der Waals surface area (Å²) in [6, 6.07) is 21.3. The van der Waals surface area contributed by atoms with Gasteiger partial charge in [0.15, 0.2) is 23.9 Å². The molecule has 0 unspecified atom stereocenters. The van der Waals surface area contributed by atoms with Crippen LogP contribution in [0.4, 0.5) is 5.69 Å². The van der Waals surface area contributed by atoms with Gasteiger partial charge in [-0.05, 0) is 60.2 Å². The van der Waals surface area contributed by atoms with Crippen LogP contribution in [0.3, 0.4) is 0 Å². The van der Waals surface area contributed by atoms with Crippen LogP contribution in [0.25, 0.3) is 11.0 Å². The van der Waals surface area contributed by atoms with Crippen molar-refractivity contribution in [1.29, 1.82) is 0 Å². The summed E-state index contributed by atoms with van der Waals surface area (Å²) in [6.07, 6.45) is 1.46. The van der Waals surface area contributed by atoms with Crippen LogP contribution in [0.2, 0.25) is 0 Å². The molecule has 4 rings (SSSR count). The Kier molecular flexibility index (Phi) is 7.24. The minimum Gasteiger partial charge on any atom is -0.493 e. The molecule has 0 fully saturated rings. The van der Waals surface area contributed by atoms with Crippen LogP contribution in [0.1, 0.15) is 16.1 Å². The number of carbonyl (C=O) groups excluding carboxylic acids is 2. The molecule has 0 atom stereocenters. The number of benzene rings is 3.